The van der Waals surface area contributed by atoms with Crippen LogP contribution >= 0.6 is 11.6 Å². The van der Waals surface area contributed by atoms with Crippen molar-refractivity contribution >= 4 is 35.1 Å². The number of nitrogens with zero attached hydrogens (tertiary/aromatic N) is 3. The van der Waals surface area contributed by atoms with Crippen LogP contribution in [-0.4, -0.2) is 88.3 Å². The summed E-state index contributed by atoms with van der Waals surface area (Å²) < 4.78 is 44.7. The Morgan fingerprint density at radius 3 is 2.61 bits per heavy atom. The summed E-state index contributed by atoms with van der Waals surface area (Å²) in [6.07, 6.45) is -2.33. The number of alkyl halides is 3. The summed E-state index contributed by atoms with van der Waals surface area (Å²) in [6.45, 7) is 2.84. The second-order valence-corrected chi connectivity index (χ2v) is 11.1. The van der Waals surface area contributed by atoms with Crippen molar-refractivity contribution in [3.05, 3.63) is 28.8 Å². The topological polar surface area (TPSA) is 102 Å². The Labute approximate surface area is 222 Å². The number of carbonyl (C=O) groups is 3. The fraction of sp³-hybridized carbons (Fsp3) is 0.640. The number of piperidine rings is 1. The van der Waals surface area contributed by atoms with Gasteiger partial charge in [0.15, 0.2) is 6.23 Å². The summed E-state index contributed by atoms with van der Waals surface area (Å²) in [5.41, 5.74) is -0.938. The largest absolute Gasteiger partial charge is 0.417 e. The zero-order valence-corrected chi connectivity index (χ0v) is 21.6. The molecule has 9 nitrogen and oxygen atoms in total. The van der Waals surface area contributed by atoms with Gasteiger partial charge in [0.25, 0.3) is 0 Å². The third kappa shape index (κ3) is 5.05. The van der Waals surface area contributed by atoms with E-state index < -0.39 is 41.2 Å². The number of rotatable bonds is 4. The Bertz CT molecular complexity index is 1130. The number of anilines is 1. The Hall–Kier alpha value is -2.57. The van der Waals surface area contributed by atoms with Gasteiger partial charge in [-0.2, -0.15) is 13.2 Å². The van der Waals surface area contributed by atoms with Crippen molar-refractivity contribution in [1.82, 2.24) is 14.7 Å². The third-order valence-corrected chi connectivity index (χ3v) is 8.63. The average Bonchev–Trinajstić information content (AvgIpc) is 3.51. The zero-order valence-electron chi connectivity index (χ0n) is 20.8. The number of β-amino-alcohol motifs (C(OH)–C–C–N with tert-alkyl or cyclic N) is 1. The lowest BCUT2D eigenvalue weighted by atomic mass is 9.90. The molecule has 1 spiro atoms. The number of aliphatic hydroxyl groups is 1. The maximum atomic E-state index is 13.2. The van der Waals surface area contributed by atoms with E-state index in [0.29, 0.717) is 19.5 Å². The van der Waals surface area contributed by atoms with Gasteiger partial charge in [-0.3, -0.25) is 9.59 Å². The van der Waals surface area contributed by atoms with Crippen LogP contribution in [0.2, 0.25) is 5.02 Å². The normalized spacial score (nSPS) is 28.5. The molecule has 4 aliphatic rings. The third-order valence-electron chi connectivity index (χ3n) is 8.32. The van der Waals surface area contributed by atoms with Crippen molar-refractivity contribution in [3.8, 4) is 0 Å². The molecule has 3 saturated heterocycles. The molecule has 13 heteroatoms. The molecular weight excluding hydrogens is 529 g/mol. The number of benzene rings is 1. The number of hydrogen-bond donors (Lipinski definition) is 2. The van der Waals surface area contributed by atoms with Gasteiger partial charge in [0, 0.05) is 25.2 Å². The van der Waals surface area contributed by atoms with Crippen LogP contribution in [0, 0.1) is 5.41 Å². The van der Waals surface area contributed by atoms with Gasteiger partial charge in [0.05, 0.1) is 35.9 Å². The van der Waals surface area contributed by atoms with Crippen molar-refractivity contribution in [2.45, 2.75) is 69.6 Å². The maximum absolute atomic E-state index is 13.2. The molecule has 1 aromatic rings. The first kappa shape index (κ1) is 27.0. The second kappa shape index (κ2) is 9.87. The van der Waals surface area contributed by atoms with Crippen LogP contribution in [-0.2, 0) is 20.5 Å². The quantitative estimate of drug-likeness (QED) is 0.590. The van der Waals surface area contributed by atoms with E-state index in [1.165, 1.54) is 4.90 Å². The minimum absolute atomic E-state index is 0.0105. The van der Waals surface area contributed by atoms with Crippen molar-refractivity contribution in [1.29, 1.82) is 0 Å². The number of ether oxygens (including phenoxy) is 1. The van der Waals surface area contributed by atoms with Gasteiger partial charge in [0.1, 0.15) is 6.04 Å². The molecule has 4 fully saturated rings. The number of amides is 4. The molecule has 3 heterocycles. The molecule has 4 atom stereocenters. The Kier molecular flexibility index (Phi) is 7.02. The lowest BCUT2D eigenvalue weighted by molar-refractivity contribution is -0.151. The van der Waals surface area contributed by atoms with Crippen LogP contribution in [0.3, 0.4) is 0 Å². The number of carbonyl (C=O) groups excluding carboxylic acids is 3. The van der Waals surface area contributed by atoms with Gasteiger partial charge in [-0.05, 0) is 56.2 Å². The van der Waals surface area contributed by atoms with E-state index in [-0.39, 0.29) is 48.5 Å². The van der Waals surface area contributed by atoms with E-state index in [4.69, 9.17) is 16.3 Å². The van der Waals surface area contributed by atoms with Crippen LogP contribution in [0.1, 0.15) is 44.6 Å². The molecule has 0 radical (unpaired) electrons. The van der Waals surface area contributed by atoms with Gasteiger partial charge in [-0.15, -0.1) is 0 Å². The Balaban J connectivity index is 1.16. The van der Waals surface area contributed by atoms with E-state index in [1.54, 1.807) is 16.7 Å². The highest BCUT2D eigenvalue weighted by atomic mass is 35.5. The smallest absolute Gasteiger partial charge is 0.391 e. The molecular formula is C25H30ClF3N4O5. The number of aliphatic hydroxyl groups excluding tert-OH is 1. The van der Waals surface area contributed by atoms with Crippen LogP contribution in [0.4, 0.5) is 23.7 Å². The molecule has 1 aliphatic carbocycles. The van der Waals surface area contributed by atoms with Gasteiger partial charge < -0.3 is 29.9 Å². The minimum atomic E-state index is -4.62. The predicted molar refractivity (Wildman–Crippen MR) is 130 cm³/mol. The lowest BCUT2D eigenvalue weighted by Gasteiger charge is -2.42. The van der Waals surface area contributed by atoms with Crippen LogP contribution in [0.5, 0.6) is 0 Å². The SMILES string of the molecule is C[C@H]1C(=O)N2[C@@H](CCC(=O)N3CCC4(CC4)[C@H](O)C3)CO[C@@H]2CN1C(=O)Nc1ccc(C(F)(F)F)c(Cl)c1. The second-order valence-electron chi connectivity index (χ2n) is 10.6. The molecule has 1 aromatic carbocycles. The summed E-state index contributed by atoms with van der Waals surface area (Å²) in [4.78, 5) is 43.5. The van der Waals surface area contributed by atoms with Gasteiger partial charge >= 0.3 is 12.2 Å². The number of hydrogen-bond acceptors (Lipinski definition) is 5. The highest BCUT2D eigenvalue weighted by molar-refractivity contribution is 6.31. The summed E-state index contributed by atoms with van der Waals surface area (Å²) in [5.74, 6) is -0.391. The highest BCUT2D eigenvalue weighted by Gasteiger charge is 2.52. The van der Waals surface area contributed by atoms with E-state index in [1.807, 2.05) is 0 Å². The monoisotopic (exact) mass is 558 g/mol. The Morgan fingerprint density at radius 2 is 1.97 bits per heavy atom. The fourth-order valence-electron chi connectivity index (χ4n) is 5.69. The van der Waals surface area contributed by atoms with Gasteiger partial charge in [0.2, 0.25) is 11.8 Å². The summed E-state index contributed by atoms with van der Waals surface area (Å²) in [5, 5.41) is 12.3. The lowest BCUT2D eigenvalue weighted by Crippen LogP contribution is -2.62. The molecule has 38 heavy (non-hydrogen) atoms. The summed E-state index contributed by atoms with van der Waals surface area (Å²) in [7, 11) is 0. The minimum Gasteiger partial charge on any atom is -0.391 e. The summed E-state index contributed by atoms with van der Waals surface area (Å²) in [6, 6.07) is 1.06. The van der Waals surface area contributed by atoms with Gasteiger partial charge in [-0.1, -0.05) is 11.6 Å². The standard InChI is InChI=1S/C25H30ClF3N4O5/c1-14-22(36)33-16(3-5-20(35)31-9-8-24(6-7-24)19(34)11-31)13-38-21(33)12-32(14)23(37)30-15-2-4-17(18(26)10-15)25(27,28)29/h2,4,10,14,16,19,21,34H,3,5-9,11-13H2,1H3,(H,30,37)/t14-,16-,19+,21+/m0/s1. The predicted octanol–water partition coefficient (Wildman–Crippen LogP) is 3.30. The summed E-state index contributed by atoms with van der Waals surface area (Å²) >= 11 is 5.74. The first-order valence-electron chi connectivity index (χ1n) is 12.7. The first-order chi connectivity index (χ1) is 17.9. The molecule has 208 valence electrons. The molecule has 0 aromatic heterocycles. The fourth-order valence-corrected chi connectivity index (χ4v) is 5.98. The molecule has 1 saturated carbocycles. The van der Waals surface area contributed by atoms with Gasteiger partial charge in [-0.25, -0.2) is 4.79 Å². The number of nitrogens with one attached hydrogen (secondary N) is 1. The average molecular weight is 559 g/mol. The van der Waals surface area contributed by atoms with E-state index >= 15 is 0 Å². The molecule has 3 aliphatic heterocycles. The molecule has 0 bridgehead atoms. The van der Waals surface area contributed by atoms with E-state index in [2.05, 4.69) is 5.32 Å². The van der Waals surface area contributed by atoms with E-state index in [9.17, 15) is 32.7 Å². The highest BCUT2D eigenvalue weighted by Crippen LogP contribution is 2.53. The van der Waals surface area contributed by atoms with Crippen LogP contribution in [0.25, 0.3) is 0 Å². The zero-order chi connectivity index (χ0) is 27.4. The number of halogens is 4. The maximum Gasteiger partial charge on any atom is 0.417 e. The molecule has 2 N–H and O–H groups in total. The Morgan fingerprint density at radius 1 is 1.24 bits per heavy atom. The van der Waals surface area contributed by atoms with Crippen molar-refractivity contribution in [2.24, 2.45) is 5.41 Å². The molecule has 5 rings (SSSR count). The van der Waals surface area contributed by atoms with Crippen molar-refractivity contribution < 1.29 is 37.4 Å². The number of urea groups is 1. The van der Waals surface area contributed by atoms with Crippen LogP contribution in [0.15, 0.2) is 18.2 Å². The number of fused-ring (bicyclic) bond motifs is 1. The number of likely N-dealkylation sites (tertiary alicyclic amines) is 1. The van der Waals surface area contributed by atoms with E-state index in [0.717, 1.165) is 37.5 Å². The molecule has 0 unspecified atom stereocenters. The number of piperazine rings is 1. The van der Waals surface area contributed by atoms with Crippen molar-refractivity contribution in [3.63, 3.8) is 0 Å². The first-order valence-corrected chi connectivity index (χ1v) is 13.1. The molecule has 4 amide bonds. The van der Waals surface area contributed by atoms with Crippen LogP contribution < -0.4 is 5.32 Å². The van der Waals surface area contributed by atoms with Crippen molar-refractivity contribution in [2.75, 3.05) is 31.6 Å².